The lowest BCUT2D eigenvalue weighted by Gasteiger charge is -2.07. The molecule has 0 bridgehead atoms. The Morgan fingerprint density at radius 1 is 1.50 bits per heavy atom. The van der Waals surface area contributed by atoms with Gasteiger partial charge in [-0.25, -0.2) is 9.37 Å². The summed E-state index contributed by atoms with van der Waals surface area (Å²) in [5.41, 5.74) is 0.542. The number of anilines is 1. The Hall–Kier alpha value is -1.76. The maximum Gasteiger partial charge on any atom is 0.226 e. The first kappa shape index (κ1) is 12.7. The van der Waals surface area contributed by atoms with Crippen molar-refractivity contribution in [2.75, 3.05) is 5.32 Å². The van der Waals surface area contributed by atoms with Crippen LogP contribution in [0.2, 0.25) is 0 Å². The highest BCUT2D eigenvalue weighted by atomic mass is 79.9. The maximum atomic E-state index is 12.9. The van der Waals surface area contributed by atoms with E-state index in [4.69, 9.17) is 0 Å². The summed E-state index contributed by atoms with van der Waals surface area (Å²) in [6.07, 6.45) is 3.22. The van der Waals surface area contributed by atoms with Gasteiger partial charge in [-0.15, -0.1) is 0 Å². The standard InChI is InChI=1S/C11H10BrFN4O/c12-9-5-8(13)1-2-10(9)16-11(18)3-4-17-7-14-6-15-17/h1-2,5-7H,3-4H2,(H,16,18). The molecule has 0 saturated heterocycles. The predicted octanol–water partition coefficient (Wildman–Crippen LogP) is 2.21. The van der Waals surface area contributed by atoms with Crippen LogP contribution in [0.1, 0.15) is 6.42 Å². The van der Waals surface area contributed by atoms with Crippen LogP contribution in [0.5, 0.6) is 0 Å². The first-order valence-electron chi connectivity index (χ1n) is 5.22. The molecule has 1 heterocycles. The minimum Gasteiger partial charge on any atom is -0.325 e. The van der Waals surface area contributed by atoms with E-state index < -0.39 is 0 Å². The van der Waals surface area contributed by atoms with Gasteiger partial charge < -0.3 is 5.32 Å². The van der Waals surface area contributed by atoms with Crippen LogP contribution >= 0.6 is 15.9 Å². The average Bonchev–Trinajstić information content (AvgIpc) is 2.83. The second-order valence-electron chi connectivity index (χ2n) is 3.58. The number of benzene rings is 1. The number of hydrogen-bond acceptors (Lipinski definition) is 3. The zero-order chi connectivity index (χ0) is 13.0. The van der Waals surface area contributed by atoms with Gasteiger partial charge in [-0.1, -0.05) is 0 Å². The Morgan fingerprint density at radius 2 is 2.33 bits per heavy atom. The average molecular weight is 313 g/mol. The SMILES string of the molecule is O=C(CCn1cncn1)Nc1ccc(F)cc1Br. The summed E-state index contributed by atoms with van der Waals surface area (Å²) in [6, 6.07) is 4.09. The van der Waals surface area contributed by atoms with Crippen molar-refractivity contribution in [3.63, 3.8) is 0 Å². The van der Waals surface area contributed by atoms with Crippen molar-refractivity contribution >= 4 is 27.5 Å². The number of nitrogens with zero attached hydrogens (tertiary/aromatic N) is 3. The molecule has 2 aromatic rings. The summed E-state index contributed by atoms with van der Waals surface area (Å²) < 4.78 is 14.9. The fourth-order valence-electron chi connectivity index (χ4n) is 1.37. The molecule has 1 N–H and O–H groups in total. The molecule has 5 nitrogen and oxygen atoms in total. The number of amides is 1. The van der Waals surface area contributed by atoms with Gasteiger partial charge in [0.25, 0.3) is 0 Å². The van der Waals surface area contributed by atoms with Crippen LogP contribution in [0.25, 0.3) is 0 Å². The summed E-state index contributed by atoms with van der Waals surface area (Å²) in [5.74, 6) is -0.528. The fourth-order valence-corrected chi connectivity index (χ4v) is 1.82. The van der Waals surface area contributed by atoms with Gasteiger partial charge in [0.05, 0.1) is 12.2 Å². The van der Waals surface area contributed by atoms with Crippen LogP contribution in [0, 0.1) is 5.82 Å². The highest BCUT2D eigenvalue weighted by Crippen LogP contribution is 2.23. The molecule has 0 aliphatic rings. The first-order valence-corrected chi connectivity index (χ1v) is 6.02. The Balaban J connectivity index is 1.91. The molecule has 2 rings (SSSR count). The largest absolute Gasteiger partial charge is 0.325 e. The van der Waals surface area contributed by atoms with Gasteiger partial charge in [-0.05, 0) is 34.1 Å². The van der Waals surface area contributed by atoms with Crippen molar-refractivity contribution in [2.45, 2.75) is 13.0 Å². The van der Waals surface area contributed by atoms with Gasteiger partial charge in [-0.3, -0.25) is 9.48 Å². The van der Waals surface area contributed by atoms with Crippen LogP contribution in [-0.2, 0) is 11.3 Å². The molecule has 18 heavy (non-hydrogen) atoms. The Morgan fingerprint density at radius 3 is 3.00 bits per heavy atom. The molecule has 0 atom stereocenters. The van der Waals surface area contributed by atoms with E-state index in [2.05, 4.69) is 31.3 Å². The number of hydrogen-bond donors (Lipinski definition) is 1. The number of aryl methyl sites for hydroxylation is 1. The second kappa shape index (κ2) is 5.72. The van der Waals surface area contributed by atoms with Crippen molar-refractivity contribution in [1.82, 2.24) is 14.8 Å². The fraction of sp³-hybridized carbons (Fsp3) is 0.182. The molecule has 1 amide bonds. The summed E-state index contributed by atoms with van der Waals surface area (Å²) in [6.45, 7) is 0.449. The number of carbonyl (C=O) groups excluding carboxylic acids is 1. The topological polar surface area (TPSA) is 59.8 Å². The van der Waals surface area contributed by atoms with Crippen molar-refractivity contribution < 1.29 is 9.18 Å². The second-order valence-corrected chi connectivity index (χ2v) is 4.44. The molecule has 1 aromatic heterocycles. The van der Waals surface area contributed by atoms with Crippen LogP contribution in [0.4, 0.5) is 10.1 Å². The molecular weight excluding hydrogens is 303 g/mol. The number of carbonyl (C=O) groups is 1. The molecule has 0 saturated carbocycles. The predicted molar refractivity (Wildman–Crippen MR) is 67.4 cm³/mol. The third-order valence-electron chi connectivity index (χ3n) is 2.24. The highest BCUT2D eigenvalue weighted by Gasteiger charge is 2.06. The lowest BCUT2D eigenvalue weighted by Crippen LogP contribution is -2.15. The van der Waals surface area contributed by atoms with Crippen LogP contribution in [0.15, 0.2) is 35.3 Å². The summed E-state index contributed by atoms with van der Waals surface area (Å²) in [7, 11) is 0. The van der Waals surface area contributed by atoms with Gasteiger partial charge in [0.15, 0.2) is 0 Å². The van der Waals surface area contributed by atoms with Crippen LogP contribution in [0.3, 0.4) is 0 Å². The zero-order valence-corrected chi connectivity index (χ0v) is 10.9. The lowest BCUT2D eigenvalue weighted by molar-refractivity contribution is -0.116. The number of rotatable bonds is 4. The minimum absolute atomic E-state index is 0.169. The molecule has 7 heteroatoms. The smallest absolute Gasteiger partial charge is 0.226 e. The molecule has 0 aliphatic heterocycles. The maximum absolute atomic E-state index is 12.9. The van der Waals surface area contributed by atoms with Gasteiger partial charge in [0.1, 0.15) is 18.5 Å². The van der Waals surface area contributed by atoms with E-state index in [1.165, 1.54) is 24.5 Å². The Kier molecular flexibility index (Phi) is 4.03. The number of aromatic nitrogens is 3. The van der Waals surface area contributed by atoms with Gasteiger partial charge >= 0.3 is 0 Å². The van der Waals surface area contributed by atoms with E-state index in [1.807, 2.05) is 0 Å². The summed E-state index contributed by atoms with van der Waals surface area (Å²) in [5, 5.41) is 6.58. The first-order chi connectivity index (χ1) is 8.65. The lowest BCUT2D eigenvalue weighted by atomic mass is 10.3. The van der Waals surface area contributed by atoms with Crippen molar-refractivity contribution in [3.05, 3.63) is 41.1 Å². The van der Waals surface area contributed by atoms with Gasteiger partial charge in [0.2, 0.25) is 5.91 Å². The molecule has 0 radical (unpaired) electrons. The molecule has 0 spiro atoms. The van der Waals surface area contributed by atoms with Gasteiger partial charge in [0, 0.05) is 10.9 Å². The normalized spacial score (nSPS) is 10.3. The number of halogens is 2. The van der Waals surface area contributed by atoms with Crippen molar-refractivity contribution in [1.29, 1.82) is 0 Å². The summed E-state index contributed by atoms with van der Waals surface area (Å²) in [4.78, 5) is 15.4. The zero-order valence-electron chi connectivity index (χ0n) is 9.31. The van der Waals surface area contributed by atoms with Crippen molar-refractivity contribution in [3.8, 4) is 0 Å². The van der Waals surface area contributed by atoms with E-state index in [-0.39, 0.29) is 18.1 Å². The third-order valence-corrected chi connectivity index (χ3v) is 2.90. The van der Waals surface area contributed by atoms with E-state index in [0.717, 1.165) is 0 Å². The number of nitrogens with one attached hydrogen (secondary N) is 1. The Bertz CT molecular complexity index is 544. The minimum atomic E-state index is -0.359. The molecule has 0 aliphatic carbocycles. The quantitative estimate of drug-likeness (QED) is 0.941. The van der Waals surface area contributed by atoms with E-state index in [1.54, 1.807) is 11.0 Å². The molecular formula is C11H10BrFN4O. The third kappa shape index (κ3) is 3.36. The van der Waals surface area contributed by atoms with Crippen molar-refractivity contribution in [2.24, 2.45) is 0 Å². The van der Waals surface area contributed by atoms with E-state index in [9.17, 15) is 9.18 Å². The van der Waals surface area contributed by atoms with Crippen LogP contribution < -0.4 is 5.32 Å². The highest BCUT2D eigenvalue weighted by molar-refractivity contribution is 9.10. The van der Waals surface area contributed by atoms with E-state index >= 15 is 0 Å². The summed E-state index contributed by atoms with van der Waals surface area (Å²) >= 11 is 3.18. The molecule has 0 fully saturated rings. The van der Waals surface area contributed by atoms with Crippen LogP contribution in [-0.4, -0.2) is 20.7 Å². The Labute approximate surface area is 111 Å². The molecule has 1 aromatic carbocycles. The molecule has 0 unspecified atom stereocenters. The molecule has 94 valence electrons. The van der Waals surface area contributed by atoms with Gasteiger partial charge in [-0.2, -0.15) is 5.10 Å². The van der Waals surface area contributed by atoms with E-state index in [0.29, 0.717) is 16.7 Å². The monoisotopic (exact) mass is 312 g/mol.